The molecule has 2 N–H and O–H groups in total. The van der Waals surface area contributed by atoms with Crippen LogP contribution in [0.1, 0.15) is 30.5 Å². The van der Waals surface area contributed by atoms with Crippen LogP contribution in [-0.2, 0) is 35.2 Å². The molecule has 11 heteroatoms. The standard InChI is InChI=1S/C28H25OP.C12H9N.CHF3O3S.CH3.Pd/c1-20-12-10-17-23-26(20)29-27-24(28(23,2)3)18-11-19-25(27)30(21-13-6-4-7-14-21)22-15-8-5-9-16-22;13-12-9-5-4-8-11(12)10-6-2-1-3-7-10;2-1(3,4)8-7-6-5;;/h4-19H,1-3H3;1-6,8-9,13H;5H;1H3;/q;-2;;-1;. The van der Waals surface area contributed by atoms with Crippen molar-refractivity contribution in [2.75, 3.05) is 0 Å². The fourth-order valence-corrected chi connectivity index (χ4v) is 8.25. The van der Waals surface area contributed by atoms with Crippen LogP contribution in [0.15, 0.2) is 146 Å². The van der Waals surface area contributed by atoms with Gasteiger partial charge in [0.1, 0.15) is 23.5 Å². The number of para-hydroxylation sites is 2. The first-order valence-electron chi connectivity index (χ1n) is 15.8. The van der Waals surface area contributed by atoms with Crippen molar-refractivity contribution < 1.29 is 53.0 Å². The summed E-state index contributed by atoms with van der Waals surface area (Å²) in [5.41, 5.74) is 9.20. The van der Waals surface area contributed by atoms with Crippen molar-refractivity contribution in [1.29, 1.82) is 0 Å². The molecule has 0 fully saturated rings. The minimum Gasteiger partial charge on any atom is -0.706 e. The number of halogens is 3. The molecule has 0 aromatic heterocycles. The summed E-state index contributed by atoms with van der Waals surface area (Å²) in [5.74, 6) is 2.04. The second-order valence-electron chi connectivity index (χ2n) is 11.8. The Balaban J connectivity index is 0.000000273. The number of fused-ring (bicyclic) bond motifs is 2. The molecule has 53 heavy (non-hydrogen) atoms. The molecular formula is C42H38F3NO4PPdS-3. The Kier molecular flexibility index (Phi) is 16.3. The van der Waals surface area contributed by atoms with Gasteiger partial charge in [0, 0.05) is 42.3 Å². The zero-order valence-electron chi connectivity index (χ0n) is 29.3. The number of ether oxygens (including phenoxy) is 1. The van der Waals surface area contributed by atoms with Gasteiger partial charge in [0.05, 0.1) is 0 Å². The predicted octanol–water partition coefficient (Wildman–Crippen LogP) is 12.0. The molecule has 0 unspecified atom stereocenters. The van der Waals surface area contributed by atoms with Gasteiger partial charge in [-0.05, 0) is 31.0 Å². The van der Waals surface area contributed by atoms with Gasteiger partial charge in [-0.25, -0.2) is 5.26 Å². The number of hydrogen-bond acceptors (Lipinski definition) is 5. The first kappa shape index (κ1) is 43.4. The molecule has 0 aliphatic carbocycles. The third-order valence-corrected chi connectivity index (χ3v) is 10.9. The van der Waals surface area contributed by atoms with Gasteiger partial charge in [-0.2, -0.15) is 18.9 Å². The van der Waals surface area contributed by atoms with E-state index in [1.807, 2.05) is 42.5 Å². The molecule has 0 saturated carbocycles. The fraction of sp³-hybridized carbons (Fsp3) is 0.119. The summed E-state index contributed by atoms with van der Waals surface area (Å²) in [6, 6.07) is 53.2. The summed E-state index contributed by atoms with van der Waals surface area (Å²) in [6.45, 7) is 6.76. The third kappa shape index (κ3) is 11.0. The minimum absolute atomic E-state index is 0. The average Bonchev–Trinajstić information content (AvgIpc) is 3.13. The maximum atomic E-state index is 10.9. The van der Waals surface area contributed by atoms with Crippen LogP contribution in [0.3, 0.4) is 0 Å². The molecule has 5 nitrogen and oxygen atoms in total. The van der Waals surface area contributed by atoms with E-state index in [1.54, 1.807) is 6.07 Å². The number of alkyl halides is 3. The first-order valence-corrected chi connectivity index (χ1v) is 17.9. The van der Waals surface area contributed by atoms with E-state index in [9.17, 15) is 13.2 Å². The maximum absolute atomic E-state index is 10.9. The first-order chi connectivity index (χ1) is 24.5. The van der Waals surface area contributed by atoms with Crippen LogP contribution in [0.4, 0.5) is 18.9 Å². The summed E-state index contributed by atoms with van der Waals surface area (Å²) in [7, 11) is -0.726. The van der Waals surface area contributed by atoms with Gasteiger partial charge in [-0.15, -0.1) is 45.8 Å². The topological polar surface area (TPSA) is 71.7 Å². The van der Waals surface area contributed by atoms with E-state index >= 15 is 0 Å². The normalized spacial score (nSPS) is 12.2. The van der Waals surface area contributed by atoms with Crippen LogP contribution >= 0.6 is 20.0 Å². The summed E-state index contributed by atoms with van der Waals surface area (Å²) < 4.78 is 42.4. The molecule has 1 aliphatic rings. The number of hydrogen-bond donors (Lipinski definition) is 1. The van der Waals surface area contributed by atoms with E-state index in [0.717, 1.165) is 22.6 Å². The molecule has 6 aromatic carbocycles. The van der Waals surface area contributed by atoms with E-state index in [1.165, 1.54) is 32.6 Å². The molecule has 280 valence electrons. The summed E-state index contributed by atoms with van der Waals surface area (Å²) in [5, 5.41) is 13.8. The second kappa shape index (κ2) is 19.9. The molecule has 0 amide bonds. The molecule has 7 rings (SSSR count). The molecule has 0 spiro atoms. The Hall–Kier alpha value is -3.97. The Bertz CT molecular complexity index is 1980. The summed E-state index contributed by atoms with van der Waals surface area (Å²) in [6.07, 6.45) is 0. The summed E-state index contributed by atoms with van der Waals surface area (Å²) in [4.78, 5) is 0. The molecule has 1 aliphatic heterocycles. The van der Waals surface area contributed by atoms with Crippen molar-refractivity contribution in [3.05, 3.63) is 182 Å². The van der Waals surface area contributed by atoms with E-state index < -0.39 is 25.5 Å². The van der Waals surface area contributed by atoms with Gasteiger partial charge < -0.3 is 17.9 Å². The molecule has 0 atom stereocenters. The average molecular weight is 847 g/mol. The van der Waals surface area contributed by atoms with E-state index in [2.05, 4.69) is 133 Å². The Morgan fingerprint density at radius 1 is 0.736 bits per heavy atom. The van der Waals surface area contributed by atoms with Crippen molar-refractivity contribution in [3.63, 3.8) is 0 Å². The van der Waals surface area contributed by atoms with E-state index in [4.69, 9.17) is 15.7 Å². The van der Waals surface area contributed by atoms with Crippen LogP contribution in [0.25, 0.3) is 16.9 Å². The minimum atomic E-state index is -4.54. The van der Waals surface area contributed by atoms with Gasteiger partial charge in [0.15, 0.2) is 0 Å². The Labute approximate surface area is 328 Å². The van der Waals surface area contributed by atoms with Crippen LogP contribution in [0.5, 0.6) is 11.5 Å². The number of nitrogens with one attached hydrogen (secondary N) is 1. The van der Waals surface area contributed by atoms with Crippen molar-refractivity contribution in [2.45, 2.75) is 31.7 Å². The van der Waals surface area contributed by atoms with Gasteiger partial charge in [-0.3, -0.25) is 0 Å². The number of aryl methyl sites for hydroxylation is 1. The zero-order chi connectivity index (χ0) is 36.4. The van der Waals surface area contributed by atoms with Crippen molar-refractivity contribution >= 4 is 41.6 Å². The van der Waals surface area contributed by atoms with Crippen LogP contribution < -0.4 is 20.7 Å². The Morgan fingerprint density at radius 2 is 1.28 bits per heavy atom. The Morgan fingerprint density at radius 3 is 1.81 bits per heavy atom. The molecule has 0 bridgehead atoms. The smallest absolute Gasteiger partial charge is 0.471 e. The van der Waals surface area contributed by atoms with Gasteiger partial charge in [0.2, 0.25) is 0 Å². The van der Waals surface area contributed by atoms with Crippen LogP contribution in [-0.4, -0.2) is 10.8 Å². The number of rotatable bonds is 6. The molecular weight excluding hydrogens is 809 g/mol. The fourth-order valence-electron chi connectivity index (χ4n) is 5.74. The maximum Gasteiger partial charge on any atom is 0.471 e. The van der Waals surface area contributed by atoms with Crippen LogP contribution in [0, 0.1) is 20.4 Å². The van der Waals surface area contributed by atoms with Gasteiger partial charge in [-0.1, -0.05) is 140 Å². The van der Waals surface area contributed by atoms with Crippen molar-refractivity contribution in [3.8, 4) is 22.6 Å². The SMILES string of the molecule is Cc1cccc2c1Oc1c(P(c3ccccc3)c3ccccc3)cccc1C2(C)C.OOOSC(F)(F)F.[CH3-].[NH-]c1ccccc1-c1[c-]cccc1.[Pd]. The third-order valence-electron chi connectivity index (χ3n) is 8.11. The molecule has 6 aromatic rings. The second-order valence-corrected chi connectivity index (χ2v) is 14.8. The largest absolute Gasteiger partial charge is 0.706 e. The van der Waals surface area contributed by atoms with E-state index in [0.29, 0.717) is 5.69 Å². The molecule has 0 saturated heterocycles. The van der Waals surface area contributed by atoms with E-state index in [-0.39, 0.29) is 33.3 Å². The van der Waals surface area contributed by atoms with Gasteiger partial charge in [0.25, 0.3) is 0 Å². The van der Waals surface area contributed by atoms with Crippen molar-refractivity contribution in [2.24, 2.45) is 0 Å². The molecule has 1 heterocycles. The molecule has 0 radical (unpaired) electrons. The zero-order valence-corrected chi connectivity index (χ0v) is 32.6. The predicted molar refractivity (Wildman–Crippen MR) is 208 cm³/mol. The monoisotopic (exact) mass is 846 g/mol. The quantitative estimate of drug-likeness (QED) is 0.0451. The number of benzene rings is 6. The van der Waals surface area contributed by atoms with Crippen molar-refractivity contribution in [1.82, 2.24) is 0 Å². The summed E-state index contributed by atoms with van der Waals surface area (Å²) >= 11 is -0.939. The van der Waals surface area contributed by atoms with Crippen LogP contribution in [0.2, 0.25) is 0 Å². The van der Waals surface area contributed by atoms with Gasteiger partial charge >= 0.3 is 5.51 Å².